The Morgan fingerprint density at radius 1 is 1.33 bits per heavy atom. The molecule has 1 nitrogen and oxygen atoms in total. The van der Waals surface area contributed by atoms with E-state index in [0.717, 1.165) is 0 Å². The number of halogens is 3. The van der Waals surface area contributed by atoms with E-state index in [-0.39, 0.29) is 13.0 Å². The average Bonchev–Trinajstić information content (AvgIpc) is 2.08. The zero-order valence-electron chi connectivity index (χ0n) is 4.83. The Kier molecular flexibility index (Phi) is 1.66. The van der Waals surface area contributed by atoms with E-state index in [1.54, 1.807) is 0 Å². The van der Waals surface area contributed by atoms with E-state index in [9.17, 15) is 13.2 Å². The van der Waals surface area contributed by atoms with Gasteiger partial charge >= 0.3 is 6.18 Å². The molecule has 1 atom stereocenters. The third kappa shape index (κ3) is 1.58. The molecule has 54 valence electrons. The Balaban J connectivity index is 2.42. The van der Waals surface area contributed by atoms with Crippen molar-refractivity contribution in [2.45, 2.75) is 12.6 Å². The first-order valence-corrected chi connectivity index (χ1v) is 2.88. The van der Waals surface area contributed by atoms with Crippen molar-refractivity contribution < 1.29 is 13.2 Å². The highest BCUT2D eigenvalue weighted by Crippen LogP contribution is 2.29. The van der Waals surface area contributed by atoms with Crippen molar-refractivity contribution in [3.63, 3.8) is 0 Å². The minimum atomic E-state index is -3.98. The van der Waals surface area contributed by atoms with Gasteiger partial charge in [-0.1, -0.05) is 0 Å². The van der Waals surface area contributed by atoms with Gasteiger partial charge in [0.25, 0.3) is 0 Å². The van der Waals surface area contributed by atoms with Crippen LogP contribution in [0.1, 0.15) is 6.42 Å². The Labute approximate surface area is 51.2 Å². The summed E-state index contributed by atoms with van der Waals surface area (Å²) < 4.78 is 35.2. The lowest BCUT2D eigenvalue weighted by molar-refractivity contribution is -0.168. The zero-order chi connectivity index (χ0) is 6.91. The summed E-state index contributed by atoms with van der Waals surface area (Å²) in [6.07, 6.45) is -3.74. The standard InChI is InChI=1S/C5H8F3N/c6-5(7,8)4-1-2-9-3-4/h4,9H,1-3H2/t4-/m1/s1. The molecule has 1 heterocycles. The van der Waals surface area contributed by atoms with Crippen molar-refractivity contribution in [3.8, 4) is 0 Å². The first kappa shape index (κ1) is 6.86. The normalized spacial score (nSPS) is 29.0. The van der Waals surface area contributed by atoms with Crippen molar-refractivity contribution >= 4 is 0 Å². The van der Waals surface area contributed by atoms with E-state index in [0.29, 0.717) is 6.54 Å². The summed E-state index contributed by atoms with van der Waals surface area (Å²) in [4.78, 5) is 0. The predicted octanol–water partition coefficient (Wildman–Crippen LogP) is 1.16. The SMILES string of the molecule is FC(F)(F)[C@@H]1CCNC1. The summed E-state index contributed by atoms with van der Waals surface area (Å²) in [6.45, 7) is 0.605. The van der Waals surface area contributed by atoms with Crippen LogP contribution in [0.3, 0.4) is 0 Å². The third-order valence-electron chi connectivity index (χ3n) is 1.52. The minimum absolute atomic E-state index is 0.101. The average molecular weight is 139 g/mol. The monoisotopic (exact) mass is 139 g/mol. The first-order chi connectivity index (χ1) is 4.11. The lowest BCUT2D eigenvalue weighted by atomic mass is 10.1. The van der Waals surface area contributed by atoms with Crippen LogP contribution in [0.15, 0.2) is 0 Å². The highest BCUT2D eigenvalue weighted by molar-refractivity contribution is 4.76. The summed E-state index contributed by atoms with van der Waals surface area (Å²) in [6, 6.07) is 0. The quantitative estimate of drug-likeness (QED) is 0.531. The van der Waals surface area contributed by atoms with Crippen molar-refractivity contribution in [1.29, 1.82) is 0 Å². The first-order valence-electron chi connectivity index (χ1n) is 2.88. The highest BCUT2D eigenvalue weighted by Gasteiger charge is 2.40. The van der Waals surface area contributed by atoms with Gasteiger partial charge in [-0.3, -0.25) is 0 Å². The van der Waals surface area contributed by atoms with Gasteiger partial charge in [-0.05, 0) is 13.0 Å². The number of hydrogen-bond acceptors (Lipinski definition) is 1. The van der Waals surface area contributed by atoms with Gasteiger partial charge in [-0.25, -0.2) is 0 Å². The highest BCUT2D eigenvalue weighted by atomic mass is 19.4. The zero-order valence-corrected chi connectivity index (χ0v) is 4.83. The third-order valence-corrected chi connectivity index (χ3v) is 1.52. The molecule has 1 rings (SSSR count). The second kappa shape index (κ2) is 2.17. The molecule has 0 saturated carbocycles. The van der Waals surface area contributed by atoms with E-state index in [1.165, 1.54) is 0 Å². The van der Waals surface area contributed by atoms with E-state index >= 15 is 0 Å². The molecule has 9 heavy (non-hydrogen) atoms. The van der Waals surface area contributed by atoms with Gasteiger partial charge in [0.05, 0.1) is 5.92 Å². The summed E-state index contributed by atoms with van der Waals surface area (Å²) in [5.74, 6) is -1.10. The minimum Gasteiger partial charge on any atom is -0.316 e. The topological polar surface area (TPSA) is 12.0 Å². The van der Waals surface area contributed by atoms with Crippen LogP contribution in [0.4, 0.5) is 13.2 Å². The van der Waals surface area contributed by atoms with E-state index in [4.69, 9.17) is 0 Å². The maximum absolute atomic E-state index is 11.7. The van der Waals surface area contributed by atoms with Crippen LogP contribution in [0.2, 0.25) is 0 Å². The molecule has 0 aromatic heterocycles. The molecule has 1 saturated heterocycles. The molecule has 0 bridgehead atoms. The van der Waals surface area contributed by atoms with Gasteiger partial charge in [0.15, 0.2) is 0 Å². The van der Waals surface area contributed by atoms with Crippen LogP contribution < -0.4 is 5.32 Å². The van der Waals surface area contributed by atoms with Crippen LogP contribution in [0, 0.1) is 5.92 Å². The van der Waals surface area contributed by atoms with E-state index in [2.05, 4.69) is 5.32 Å². The Bertz CT molecular complexity index is 92.9. The summed E-state index contributed by atoms with van der Waals surface area (Å²) in [5.41, 5.74) is 0. The van der Waals surface area contributed by atoms with Crippen LogP contribution in [-0.4, -0.2) is 19.3 Å². The maximum Gasteiger partial charge on any atom is 0.393 e. The maximum atomic E-state index is 11.7. The van der Waals surface area contributed by atoms with Crippen molar-refractivity contribution in [2.75, 3.05) is 13.1 Å². The molecule has 1 aliphatic rings. The molecule has 1 fully saturated rings. The molecular weight excluding hydrogens is 131 g/mol. The van der Waals surface area contributed by atoms with Crippen molar-refractivity contribution in [2.24, 2.45) is 5.92 Å². The Morgan fingerprint density at radius 2 is 2.00 bits per heavy atom. The van der Waals surface area contributed by atoms with Gasteiger partial charge in [-0.2, -0.15) is 13.2 Å². The molecule has 0 radical (unpaired) electrons. The molecule has 1 aliphatic heterocycles. The second-order valence-corrected chi connectivity index (χ2v) is 2.23. The molecule has 0 aromatic rings. The molecule has 0 amide bonds. The van der Waals surface area contributed by atoms with Crippen LogP contribution in [-0.2, 0) is 0 Å². The Morgan fingerprint density at radius 3 is 2.22 bits per heavy atom. The van der Waals surface area contributed by atoms with Crippen molar-refractivity contribution in [1.82, 2.24) is 5.32 Å². The summed E-state index contributed by atoms with van der Waals surface area (Å²) in [7, 11) is 0. The largest absolute Gasteiger partial charge is 0.393 e. The fraction of sp³-hybridized carbons (Fsp3) is 1.00. The number of nitrogens with one attached hydrogen (secondary N) is 1. The fourth-order valence-corrected chi connectivity index (χ4v) is 0.934. The molecular formula is C5H8F3N. The van der Waals surface area contributed by atoms with Gasteiger partial charge < -0.3 is 5.32 Å². The lowest BCUT2D eigenvalue weighted by Gasteiger charge is -2.11. The molecule has 0 aromatic carbocycles. The van der Waals surface area contributed by atoms with Gasteiger partial charge in [0, 0.05) is 6.54 Å². The summed E-state index contributed by atoms with van der Waals surface area (Å²) in [5, 5.41) is 2.66. The predicted molar refractivity (Wildman–Crippen MR) is 27.0 cm³/mol. The van der Waals surface area contributed by atoms with Crippen LogP contribution >= 0.6 is 0 Å². The van der Waals surface area contributed by atoms with Crippen LogP contribution in [0.25, 0.3) is 0 Å². The molecule has 0 unspecified atom stereocenters. The molecule has 0 spiro atoms. The Hall–Kier alpha value is -0.250. The fourth-order valence-electron chi connectivity index (χ4n) is 0.934. The molecule has 0 aliphatic carbocycles. The number of hydrogen-bond donors (Lipinski definition) is 1. The second-order valence-electron chi connectivity index (χ2n) is 2.23. The molecule has 4 heteroatoms. The summed E-state index contributed by atoms with van der Waals surface area (Å²) >= 11 is 0. The lowest BCUT2D eigenvalue weighted by Crippen LogP contribution is -2.24. The van der Waals surface area contributed by atoms with Crippen LogP contribution in [0.5, 0.6) is 0 Å². The molecule has 1 N–H and O–H groups in total. The van der Waals surface area contributed by atoms with Gasteiger partial charge in [0.1, 0.15) is 0 Å². The van der Waals surface area contributed by atoms with Gasteiger partial charge in [0.2, 0.25) is 0 Å². The number of alkyl halides is 3. The van der Waals surface area contributed by atoms with Crippen molar-refractivity contribution in [3.05, 3.63) is 0 Å². The number of rotatable bonds is 0. The smallest absolute Gasteiger partial charge is 0.316 e. The van der Waals surface area contributed by atoms with E-state index in [1.807, 2.05) is 0 Å². The van der Waals surface area contributed by atoms with E-state index < -0.39 is 12.1 Å². The van der Waals surface area contributed by atoms with Gasteiger partial charge in [-0.15, -0.1) is 0 Å².